The molecule has 2 aliphatic rings. The van der Waals surface area contributed by atoms with E-state index in [4.69, 9.17) is 83.0 Å². The van der Waals surface area contributed by atoms with Gasteiger partial charge in [-0.05, 0) is 125 Å². The molecule has 492 valence electrons. The third-order valence-electron chi connectivity index (χ3n) is 16.4. The molecule has 0 aliphatic carbocycles. The zero-order chi connectivity index (χ0) is 67.4. The van der Waals surface area contributed by atoms with Gasteiger partial charge >= 0.3 is 12.2 Å². The number of nitrogens with one attached hydrogen (secondary N) is 2. The smallest absolute Gasteiger partial charge is 0.405 e. The van der Waals surface area contributed by atoms with Gasteiger partial charge in [0.1, 0.15) is 23.7 Å². The number of aliphatic hydroxyl groups is 2. The number of hydrogen-bond donors (Lipinski definition) is 8. The number of anilines is 2. The summed E-state index contributed by atoms with van der Waals surface area (Å²) < 4.78 is 33.5. The van der Waals surface area contributed by atoms with Crippen molar-refractivity contribution >= 4 is 103 Å². The zero-order valence-electron chi connectivity index (χ0n) is 53.6. The van der Waals surface area contributed by atoms with E-state index in [0.717, 1.165) is 0 Å². The Morgan fingerprint density at radius 1 is 0.543 bits per heavy atom. The van der Waals surface area contributed by atoms with E-state index in [9.17, 15) is 39.6 Å². The Hall–Kier alpha value is -8.06. The van der Waals surface area contributed by atoms with Gasteiger partial charge in [0, 0.05) is 72.6 Å². The number of aromatic hydroxyl groups is 2. The molecule has 10 N–H and O–H groups in total. The van der Waals surface area contributed by atoms with Gasteiger partial charge in [-0.15, -0.1) is 0 Å². The number of halogens is 2. The first-order chi connectivity index (χ1) is 43.6. The summed E-state index contributed by atoms with van der Waals surface area (Å²) >= 11 is 12.4. The summed E-state index contributed by atoms with van der Waals surface area (Å²) in [4.78, 5) is 69.3. The number of fused-ring (bicyclic) bond motifs is 10. The number of nitrogens with two attached hydrogens (primary N) is 2. The van der Waals surface area contributed by atoms with E-state index in [1.165, 1.54) is 28.4 Å². The second-order valence-electron chi connectivity index (χ2n) is 23.6. The topological polar surface area (TPSA) is 332 Å². The van der Waals surface area contributed by atoms with E-state index in [1.807, 2.05) is 27.7 Å². The first kappa shape index (κ1) is 71.4. The standard InChI is InChI=1S/2C34H41ClN4O7/c1-17-12-22-29-25(37-24-15-21(35)10-11-23(24)38-29)16-26(31(22)41)39-33(42)18(2)8-7-9-27(44-5)32(46-34(36)43)20(4)14-19(3)30(40)28(13-17)45-6;1-17-12-22-29-25(37-23-11-10-21(35)15-24(23)38-29)16-26(31(22)41)39-33(42)18(2)8-7-9-27(44-5)32(46-34(36)43)20(4)14-19(3)30(40)28(13-17)45-6/h2*7-11,14-17,19,27-28,30,32,40-41H,12-13H2,1-6H3,(H2,36,43)(H,39,42)/b2*9-7-,18-8+,20-14+. The van der Waals surface area contributed by atoms with Crippen LogP contribution in [0.25, 0.3) is 44.1 Å². The number of methoxy groups -OCH3 is 4. The first-order valence-electron chi connectivity index (χ1n) is 30.0. The Bertz CT molecular complexity index is 3910. The van der Waals surface area contributed by atoms with Crippen molar-refractivity contribution in [2.75, 3.05) is 39.1 Å². The van der Waals surface area contributed by atoms with Crippen LogP contribution in [0.15, 0.2) is 119 Å². The Balaban J connectivity index is 0.000000261. The lowest BCUT2D eigenvalue weighted by molar-refractivity contribution is -0.113. The number of ether oxygens (including phenoxy) is 6. The van der Waals surface area contributed by atoms with Gasteiger partial charge in [-0.3, -0.25) is 9.59 Å². The molecule has 4 bridgehead atoms. The lowest BCUT2D eigenvalue weighted by Gasteiger charge is -2.29. The number of nitrogens with zero attached hydrogens (tertiary/aromatic N) is 4. The van der Waals surface area contributed by atoms with Crippen LogP contribution in [0.2, 0.25) is 10.0 Å². The monoisotopic (exact) mass is 1300 g/mol. The number of hydrogen-bond acceptors (Lipinski definition) is 18. The summed E-state index contributed by atoms with van der Waals surface area (Å²) in [6.07, 6.45) is 6.47. The number of aliphatic hydroxyl groups excluding tert-OH is 2. The van der Waals surface area contributed by atoms with Crippen LogP contribution < -0.4 is 22.1 Å². The van der Waals surface area contributed by atoms with Crippen molar-refractivity contribution in [2.45, 2.75) is 130 Å². The molecule has 4 aromatic carbocycles. The normalized spacial score (nSPS) is 28.1. The zero-order valence-corrected chi connectivity index (χ0v) is 55.1. The number of phenolic OH excluding ortho intramolecular Hbond substituents is 2. The highest BCUT2D eigenvalue weighted by atomic mass is 35.5. The fourth-order valence-electron chi connectivity index (χ4n) is 11.5. The van der Waals surface area contributed by atoms with Crippen LogP contribution in [0.1, 0.15) is 79.4 Å². The molecule has 0 spiro atoms. The third kappa shape index (κ3) is 17.7. The first-order valence-corrected chi connectivity index (χ1v) is 30.7. The van der Waals surface area contributed by atoms with E-state index in [1.54, 1.807) is 125 Å². The van der Waals surface area contributed by atoms with Crippen LogP contribution in [-0.2, 0) is 50.9 Å². The molecule has 12 atom stereocenters. The molecule has 0 saturated carbocycles. The van der Waals surface area contributed by atoms with Gasteiger partial charge in [0.15, 0.2) is 12.2 Å². The van der Waals surface area contributed by atoms with Gasteiger partial charge in [0.2, 0.25) is 0 Å². The van der Waals surface area contributed by atoms with Crippen molar-refractivity contribution in [2.24, 2.45) is 35.1 Å². The van der Waals surface area contributed by atoms with E-state index < -0.39 is 84.7 Å². The highest BCUT2D eigenvalue weighted by Crippen LogP contribution is 2.40. The maximum atomic E-state index is 13.3. The van der Waals surface area contributed by atoms with Gasteiger partial charge in [-0.2, -0.15) is 0 Å². The molecule has 0 radical (unpaired) electrons. The Labute approximate surface area is 544 Å². The van der Waals surface area contributed by atoms with Crippen LogP contribution in [0.3, 0.4) is 0 Å². The lowest BCUT2D eigenvalue weighted by Crippen LogP contribution is -2.37. The average molecular weight is 1310 g/mol. The number of rotatable bonds is 6. The molecule has 8 rings (SSSR count). The van der Waals surface area contributed by atoms with Gasteiger partial charge < -0.3 is 70.9 Å². The van der Waals surface area contributed by atoms with Crippen molar-refractivity contribution in [3.05, 3.63) is 141 Å². The molecule has 6 aromatic rings. The molecule has 22 nitrogen and oxygen atoms in total. The van der Waals surface area contributed by atoms with E-state index >= 15 is 0 Å². The molecule has 92 heavy (non-hydrogen) atoms. The molecule has 4 amide bonds. The number of phenols is 2. The molecule has 0 saturated heterocycles. The predicted molar refractivity (Wildman–Crippen MR) is 355 cm³/mol. The second kappa shape index (κ2) is 32.0. The largest absolute Gasteiger partial charge is 0.505 e. The van der Waals surface area contributed by atoms with Crippen LogP contribution in [0, 0.1) is 23.7 Å². The maximum absolute atomic E-state index is 13.3. The Morgan fingerprint density at radius 3 is 1.29 bits per heavy atom. The average Bonchev–Trinajstić information content (AvgIpc) is 0.785. The fourth-order valence-corrected chi connectivity index (χ4v) is 11.8. The number of allylic oxidation sites excluding steroid dienone is 4. The highest BCUT2D eigenvalue weighted by molar-refractivity contribution is 6.31. The summed E-state index contributed by atoms with van der Waals surface area (Å²) in [6, 6.07) is 13.6. The Morgan fingerprint density at radius 2 is 0.913 bits per heavy atom. The molecule has 0 fully saturated rings. The summed E-state index contributed by atoms with van der Waals surface area (Å²) in [6.45, 7) is 14.4. The Kier molecular flexibility index (Phi) is 24.8. The van der Waals surface area contributed by atoms with Crippen molar-refractivity contribution in [1.29, 1.82) is 0 Å². The molecule has 2 aromatic heterocycles. The number of aromatic nitrogens is 4. The van der Waals surface area contributed by atoms with Crippen LogP contribution in [0.4, 0.5) is 21.0 Å². The second-order valence-corrected chi connectivity index (χ2v) is 24.5. The van der Waals surface area contributed by atoms with Gasteiger partial charge in [0.25, 0.3) is 11.8 Å². The van der Waals surface area contributed by atoms with Crippen molar-refractivity contribution in [3.8, 4) is 11.5 Å². The summed E-state index contributed by atoms with van der Waals surface area (Å²) in [5.74, 6) is -2.22. The number of carbonyl (C=O) groups excluding carboxylic acids is 4. The summed E-state index contributed by atoms with van der Waals surface area (Å²) in [7, 11) is 5.98. The number of primary amides is 2. The molecule has 24 heteroatoms. The molecular formula is C68H82Cl2N8O14. The van der Waals surface area contributed by atoms with Crippen molar-refractivity contribution in [1.82, 2.24) is 19.9 Å². The molecule has 2 aliphatic heterocycles. The summed E-state index contributed by atoms with van der Waals surface area (Å²) in [5.41, 5.74) is 18.3. The van der Waals surface area contributed by atoms with Gasteiger partial charge in [-0.1, -0.05) is 99.5 Å². The highest BCUT2D eigenvalue weighted by Gasteiger charge is 2.33. The quantitative estimate of drug-likeness (QED) is 0.0436. The SMILES string of the molecule is COC1/C=C\C=C(/C)C(=O)Nc2cc3nc4cc(Cl)ccc4nc3c(c2O)CC(C)CC(OC)C(O)C(C)/C=C(\C)C1OC(N)=O.COC1/C=C\C=C(/C)C(=O)Nc2cc3nc4ccc(Cl)cc4nc3c(c2O)CC(C)CC(OC)C(O)C(C)/C=C(\C)C1OC(N)=O. The number of carbonyl (C=O) groups is 4. The molecule has 12 unspecified atom stereocenters. The van der Waals surface area contributed by atoms with Gasteiger partial charge in [-0.25, -0.2) is 29.5 Å². The van der Waals surface area contributed by atoms with E-state index in [0.29, 0.717) is 113 Å². The minimum atomic E-state index is -0.983. The molecular weight excluding hydrogens is 1220 g/mol. The van der Waals surface area contributed by atoms with E-state index in [2.05, 4.69) is 10.6 Å². The number of benzene rings is 4. The maximum Gasteiger partial charge on any atom is 0.405 e. The minimum Gasteiger partial charge on any atom is -0.505 e. The summed E-state index contributed by atoms with van der Waals surface area (Å²) in [5, 5.41) is 52.4. The van der Waals surface area contributed by atoms with Crippen molar-refractivity contribution in [3.63, 3.8) is 0 Å². The van der Waals surface area contributed by atoms with Crippen molar-refractivity contribution < 1.29 is 68.0 Å². The minimum absolute atomic E-state index is 0.114. The van der Waals surface area contributed by atoms with Crippen LogP contribution in [-0.4, -0.2) is 142 Å². The van der Waals surface area contributed by atoms with E-state index in [-0.39, 0.29) is 34.7 Å². The fraction of sp³-hybridized carbons (Fsp3) is 0.412. The number of amides is 4. The van der Waals surface area contributed by atoms with Gasteiger partial charge in [0.05, 0.1) is 79.9 Å². The van der Waals surface area contributed by atoms with Crippen LogP contribution in [0.5, 0.6) is 11.5 Å². The molecule has 4 heterocycles. The third-order valence-corrected chi connectivity index (χ3v) is 16.9. The predicted octanol–water partition coefficient (Wildman–Crippen LogP) is 11.2. The van der Waals surface area contributed by atoms with Crippen LogP contribution >= 0.6 is 23.2 Å². The lowest BCUT2D eigenvalue weighted by atomic mass is 9.87.